The van der Waals surface area contributed by atoms with Crippen molar-refractivity contribution in [3.05, 3.63) is 111 Å². The number of benzene rings is 2. The number of ether oxygens (including phenoxy) is 1. The van der Waals surface area contributed by atoms with Crippen molar-refractivity contribution in [1.82, 2.24) is 14.3 Å². The van der Waals surface area contributed by atoms with Crippen LogP contribution < -0.4 is 21.8 Å². The number of nitrogens with zero attached hydrogens (tertiary/aromatic N) is 3. The van der Waals surface area contributed by atoms with Gasteiger partial charge < -0.3 is 25.9 Å². The lowest BCUT2D eigenvalue weighted by molar-refractivity contribution is 0.0698. The Hall–Kier alpha value is -4.44. The fourth-order valence-corrected chi connectivity index (χ4v) is 3.28. The highest BCUT2D eigenvalue weighted by molar-refractivity contribution is 5.92. The summed E-state index contributed by atoms with van der Waals surface area (Å²) >= 11 is 0. The maximum atomic E-state index is 13.1. The minimum absolute atomic E-state index is 0.00238. The molecule has 182 valence electrons. The predicted molar refractivity (Wildman–Crippen MR) is 130 cm³/mol. The van der Waals surface area contributed by atoms with Crippen LogP contribution in [0.5, 0.6) is 5.75 Å². The van der Waals surface area contributed by atoms with Crippen molar-refractivity contribution in [2.24, 2.45) is 5.73 Å². The Morgan fingerprint density at radius 3 is 2.31 bits per heavy atom. The second-order valence-electron chi connectivity index (χ2n) is 7.55. The second kappa shape index (κ2) is 11.6. The van der Waals surface area contributed by atoms with E-state index in [-0.39, 0.29) is 35.1 Å². The predicted octanol–water partition coefficient (Wildman–Crippen LogP) is 2.71. The Balaban J connectivity index is 0.000000261. The van der Waals surface area contributed by atoms with Gasteiger partial charge in [-0.1, -0.05) is 42.5 Å². The molecule has 0 unspecified atom stereocenters. The fourth-order valence-electron chi connectivity index (χ4n) is 3.28. The smallest absolute Gasteiger partial charge is 0.341 e. The van der Waals surface area contributed by atoms with E-state index in [1.165, 1.54) is 24.1 Å². The van der Waals surface area contributed by atoms with Crippen molar-refractivity contribution < 1.29 is 19.0 Å². The number of aromatic carboxylic acids is 1. The van der Waals surface area contributed by atoms with Gasteiger partial charge in [-0.3, -0.25) is 9.48 Å². The lowest BCUT2D eigenvalue weighted by atomic mass is 10.1. The van der Waals surface area contributed by atoms with E-state index in [0.29, 0.717) is 18.7 Å². The minimum Gasteiger partial charge on any atom is -0.494 e. The molecular formula is C25H26FN5O4. The molecule has 4 rings (SSSR count). The lowest BCUT2D eigenvalue weighted by Crippen LogP contribution is -2.18. The van der Waals surface area contributed by atoms with Gasteiger partial charge in [0.1, 0.15) is 5.56 Å². The molecule has 0 saturated heterocycles. The van der Waals surface area contributed by atoms with Crippen molar-refractivity contribution in [2.75, 3.05) is 12.8 Å². The maximum Gasteiger partial charge on any atom is 0.341 e. The second-order valence-corrected chi connectivity index (χ2v) is 7.55. The van der Waals surface area contributed by atoms with Gasteiger partial charge in [0.2, 0.25) is 0 Å². The van der Waals surface area contributed by atoms with Crippen LogP contribution in [0.4, 0.5) is 10.2 Å². The number of aromatic nitrogens is 3. The lowest BCUT2D eigenvalue weighted by Gasteiger charge is -2.07. The average molecular weight is 480 g/mol. The van der Waals surface area contributed by atoms with E-state index in [2.05, 4.69) is 5.10 Å². The minimum atomic E-state index is -1.09. The summed E-state index contributed by atoms with van der Waals surface area (Å²) in [6.07, 6.45) is 3.16. The van der Waals surface area contributed by atoms with Gasteiger partial charge >= 0.3 is 5.97 Å². The van der Waals surface area contributed by atoms with Gasteiger partial charge in [0.15, 0.2) is 17.4 Å². The monoisotopic (exact) mass is 479 g/mol. The molecule has 4 aromatic rings. The molecule has 0 saturated carbocycles. The van der Waals surface area contributed by atoms with E-state index in [4.69, 9.17) is 21.3 Å². The summed E-state index contributed by atoms with van der Waals surface area (Å²) in [4.78, 5) is 22.7. The van der Waals surface area contributed by atoms with Crippen LogP contribution in [0.15, 0.2) is 77.9 Å². The first kappa shape index (κ1) is 25.2. The molecule has 2 aromatic carbocycles. The Morgan fingerprint density at radius 1 is 1.06 bits per heavy atom. The first-order valence-electron chi connectivity index (χ1n) is 10.6. The van der Waals surface area contributed by atoms with Crippen LogP contribution in [-0.4, -0.2) is 32.5 Å². The van der Waals surface area contributed by atoms with Crippen LogP contribution >= 0.6 is 0 Å². The van der Waals surface area contributed by atoms with Crippen molar-refractivity contribution in [3.63, 3.8) is 0 Å². The molecule has 0 amide bonds. The normalized spacial score (nSPS) is 10.4. The summed E-state index contributed by atoms with van der Waals surface area (Å²) in [7, 11) is 1.43. The number of anilines is 1. The Labute approximate surface area is 201 Å². The van der Waals surface area contributed by atoms with E-state index in [9.17, 15) is 14.0 Å². The summed E-state index contributed by atoms with van der Waals surface area (Å²) < 4.78 is 20.9. The maximum absolute atomic E-state index is 13.1. The van der Waals surface area contributed by atoms with Gasteiger partial charge in [0, 0.05) is 30.6 Å². The first-order chi connectivity index (χ1) is 16.8. The molecule has 35 heavy (non-hydrogen) atoms. The van der Waals surface area contributed by atoms with E-state index >= 15 is 0 Å². The summed E-state index contributed by atoms with van der Waals surface area (Å²) in [6.45, 7) is 1.11. The first-order valence-corrected chi connectivity index (χ1v) is 10.6. The van der Waals surface area contributed by atoms with Crippen LogP contribution in [0.3, 0.4) is 0 Å². The van der Waals surface area contributed by atoms with E-state index < -0.39 is 5.97 Å². The molecule has 2 heterocycles. The van der Waals surface area contributed by atoms with Gasteiger partial charge in [-0.05, 0) is 23.3 Å². The molecular weight excluding hydrogens is 453 g/mol. The molecule has 0 fully saturated rings. The zero-order chi connectivity index (χ0) is 25.4. The third-order valence-corrected chi connectivity index (χ3v) is 5.12. The number of rotatable bonds is 7. The number of pyridine rings is 1. The Morgan fingerprint density at radius 2 is 1.74 bits per heavy atom. The average Bonchev–Trinajstić information content (AvgIpc) is 3.22. The van der Waals surface area contributed by atoms with Crippen molar-refractivity contribution in [2.45, 2.75) is 19.6 Å². The third kappa shape index (κ3) is 6.55. The molecule has 10 heteroatoms. The molecule has 0 aliphatic rings. The van der Waals surface area contributed by atoms with Gasteiger partial charge in [-0.2, -0.15) is 5.10 Å². The number of halogens is 1. The van der Waals surface area contributed by atoms with Crippen LogP contribution in [0.25, 0.3) is 0 Å². The molecule has 0 bridgehead atoms. The van der Waals surface area contributed by atoms with Crippen molar-refractivity contribution in [1.29, 1.82) is 0 Å². The number of carboxylic acid groups (broad SMARTS) is 1. The van der Waals surface area contributed by atoms with Gasteiger partial charge in [0.05, 0.1) is 20.2 Å². The largest absolute Gasteiger partial charge is 0.494 e. The Bertz CT molecular complexity index is 1330. The van der Waals surface area contributed by atoms with Crippen LogP contribution in [-0.2, 0) is 19.6 Å². The fraction of sp³-hybridized carbons (Fsp3) is 0.160. The molecule has 0 radical (unpaired) electrons. The number of methoxy groups -OCH3 is 1. The summed E-state index contributed by atoms with van der Waals surface area (Å²) in [6, 6.07) is 17.7. The zero-order valence-electron chi connectivity index (χ0n) is 19.1. The topological polar surface area (TPSA) is 138 Å². The highest BCUT2D eigenvalue weighted by Crippen LogP contribution is 2.19. The highest BCUT2D eigenvalue weighted by atomic mass is 19.1. The number of nitrogens with two attached hydrogens (primary N) is 2. The van der Waals surface area contributed by atoms with Gasteiger partial charge in [0.25, 0.3) is 5.56 Å². The number of hydrogen-bond acceptors (Lipinski definition) is 6. The number of carbonyl (C=O) groups is 1. The molecule has 2 aromatic heterocycles. The van der Waals surface area contributed by atoms with Gasteiger partial charge in [-0.25, -0.2) is 9.18 Å². The highest BCUT2D eigenvalue weighted by Gasteiger charge is 2.12. The summed E-state index contributed by atoms with van der Waals surface area (Å²) in [5, 5.41) is 13.0. The number of hydrogen-bond donors (Lipinski definition) is 3. The van der Waals surface area contributed by atoms with Crippen LogP contribution in [0.2, 0.25) is 0 Å². The molecule has 0 aliphatic carbocycles. The molecule has 0 aliphatic heterocycles. The van der Waals surface area contributed by atoms with E-state index in [1.807, 2.05) is 30.3 Å². The SMILES string of the molecule is COc1cccc(CN)c1F.Nc1nn(Cc2ccc(Cn3ccccc3=O)cc2)cc1C(=O)O. The zero-order valence-corrected chi connectivity index (χ0v) is 19.1. The quantitative estimate of drug-likeness (QED) is 0.370. The molecule has 0 spiro atoms. The standard InChI is InChI=1S/C17H16N4O3.C8H10FNO/c18-16-14(17(23)24)11-21(19-16)10-13-6-4-12(5-7-13)9-20-8-2-1-3-15(20)22;1-11-7-4-2-3-6(5-10)8(7)9/h1-8,11H,9-10H2,(H2,18,19)(H,23,24);2-4H,5,10H2,1H3. The number of carboxylic acids is 1. The van der Waals surface area contributed by atoms with E-state index in [0.717, 1.165) is 11.1 Å². The summed E-state index contributed by atoms with van der Waals surface area (Å²) in [5.41, 5.74) is 13.2. The number of nitrogen functional groups attached to an aromatic ring is 1. The van der Waals surface area contributed by atoms with E-state index in [1.54, 1.807) is 35.0 Å². The Kier molecular flexibility index (Phi) is 8.36. The molecule has 9 nitrogen and oxygen atoms in total. The van der Waals surface area contributed by atoms with Crippen LogP contribution in [0.1, 0.15) is 27.0 Å². The van der Waals surface area contributed by atoms with Gasteiger partial charge in [-0.15, -0.1) is 0 Å². The van der Waals surface area contributed by atoms with Crippen molar-refractivity contribution >= 4 is 11.8 Å². The molecule has 0 atom stereocenters. The summed E-state index contributed by atoms with van der Waals surface area (Å²) in [5.74, 6) is -1.21. The van der Waals surface area contributed by atoms with Crippen molar-refractivity contribution in [3.8, 4) is 5.75 Å². The van der Waals surface area contributed by atoms with Crippen LogP contribution in [0, 0.1) is 5.82 Å². The third-order valence-electron chi connectivity index (χ3n) is 5.12. The molecule has 5 N–H and O–H groups in total.